The van der Waals surface area contributed by atoms with E-state index in [9.17, 15) is 4.39 Å². The van der Waals surface area contributed by atoms with Crippen molar-refractivity contribution in [2.24, 2.45) is 15.1 Å². The van der Waals surface area contributed by atoms with Gasteiger partial charge in [0.05, 0.1) is 10.4 Å². The molecule has 0 fully saturated rings. The molecule has 33 heavy (non-hydrogen) atoms. The first-order valence-electron chi connectivity index (χ1n) is 10.2. The second-order valence-corrected chi connectivity index (χ2v) is 11.8. The molecule has 1 aliphatic rings. The van der Waals surface area contributed by atoms with E-state index in [0.29, 0.717) is 22.7 Å². The number of pyridine rings is 1. The molecule has 174 valence electrons. The lowest BCUT2D eigenvalue weighted by Crippen LogP contribution is -2.53. The highest BCUT2D eigenvalue weighted by Crippen LogP contribution is 2.39. The Balaban J connectivity index is 1.79. The molecule has 3 aromatic rings. The number of hydrogen-bond donors (Lipinski definition) is 1. The molecule has 0 saturated heterocycles. The first-order valence-corrected chi connectivity index (χ1v) is 12.4. The molecule has 2 N–H and O–H groups in total. The van der Waals surface area contributed by atoms with Crippen molar-refractivity contribution >= 4 is 32.5 Å². The second kappa shape index (κ2) is 8.72. The van der Waals surface area contributed by atoms with E-state index in [-0.39, 0.29) is 17.2 Å². The molecule has 4 rings (SSSR count). The average Bonchev–Trinajstić information content (AvgIpc) is 3.26. The topological polar surface area (TPSA) is 89.7 Å². The van der Waals surface area contributed by atoms with E-state index >= 15 is 4.39 Å². The van der Waals surface area contributed by atoms with Gasteiger partial charge in [0.1, 0.15) is 29.6 Å². The van der Waals surface area contributed by atoms with E-state index < -0.39 is 33.5 Å². The molecule has 0 unspecified atom stereocenters. The van der Waals surface area contributed by atoms with E-state index in [1.165, 1.54) is 6.07 Å². The molecule has 0 radical (unpaired) electrons. The number of aromatic nitrogens is 2. The summed E-state index contributed by atoms with van der Waals surface area (Å²) in [5.41, 5.74) is 7.61. The van der Waals surface area contributed by atoms with Gasteiger partial charge in [-0.3, -0.25) is 14.3 Å². The van der Waals surface area contributed by atoms with E-state index in [2.05, 4.69) is 35.4 Å². The van der Waals surface area contributed by atoms with Crippen LogP contribution in [0.15, 0.2) is 54.9 Å². The fourth-order valence-corrected chi connectivity index (χ4v) is 6.29. The van der Waals surface area contributed by atoms with Gasteiger partial charge < -0.3 is 10.3 Å². The maximum Gasteiger partial charge on any atom is 0.167 e. The smallest absolute Gasteiger partial charge is 0.167 e. The minimum Gasteiger partial charge on any atom is -0.386 e. The van der Waals surface area contributed by atoms with Gasteiger partial charge in [-0.05, 0) is 66.5 Å². The zero-order valence-electron chi connectivity index (χ0n) is 18.7. The molecule has 2 atom stereocenters. The monoisotopic (exact) mass is 535 g/mol. The van der Waals surface area contributed by atoms with Crippen LogP contribution >= 0.6 is 15.9 Å². The number of aliphatic imine (C=N–C) groups is 1. The molecule has 1 aliphatic heterocycles. The van der Waals surface area contributed by atoms with Crippen LogP contribution in [-0.4, -0.2) is 40.2 Å². The van der Waals surface area contributed by atoms with Crippen LogP contribution in [-0.2, 0) is 16.2 Å². The van der Waals surface area contributed by atoms with E-state index in [1.54, 1.807) is 31.4 Å². The Morgan fingerprint density at radius 1 is 1.27 bits per heavy atom. The molecule has 0 spiro atoms. The lowest BCUT2D eigenvalue weighted by molar-refractivity contribution is 0.329. The maximum absolute atomic E-state index is 15.0. The maximum atomic E-state index is 15.0. The summed E-state index contributed by atoms with van der Waals surface area (Å²) in [7, 11) is 1.04. The average molecular weight is 536 g/mol. The van der Waals surface area contributed by atoms with Gasteiger partial charge >= 0.3 is 0 Å². The van der Waals surface area contributed by atoms with Gasteiger partial charge in [-0.2, -0.15) is 0 Å². The zero-order chi connectivity index (χ0) is 24.0. The van der Waals surface area contributed by atoms with Gasteiger partial charge in [-0.1, -0.05) is 15.8 Å². The van der Waals surface area contributed by atoms with Gasteiger partial charge in [0, 0.05) is 40.7 Å². The van der Waals surface area contributed by atoms with Crippen LogP contribution < -0.4 is 5.73 Å². The van der Waals surface area contributed by atoms with Gasteiger partial charge in [-0.25, -0.2) is 8.78 Å². The third-order valence-electron chi connectivity index (χ3n) is 5.91. The van der Waals surface area contributed by atoms with E-state index in [1.807, 2.05) is 26.8 Å². The fourth-order valence-electron chi connectivity index (χ4n) is 3.86. The number of alkyl halides is 1. The molecule has 1 aromatic carbocycles. The number of aryl methyl sites for hydroxylation is 1. The Bertz CT molecular complexity index is 1290. The Kier molecular flexibility index (Phi) is 6.26. The van der Waals surface area contributed by atoms with Crippen LogP contribution in [0.3, 0.4) is 0 Å². The predicted octanol–water partition coefficient (Wildman–Crippen LogP) is 5.36. The summed E-state index contributed by atoms with van der Waals surface area (Å²) in [6.07, 6.45) is 1.68. The van der Waals surface area contributed by atoms with Crippen molar-refractivity contribution < 1.29 is 13.3 Å². The van der Waals surface area contributed by atoms with Crippen molar-refractivity contribution in [3.63, 3.8) is 0 Å². The summed E-state index contributed by atoms with van der Waals surface area (Å²) in [5, 5.41) is 4.13. The van der Waals surface area contributed by atoms with Crippen LogP contribution in [0.25, 0.3) is 22.7 Å². The number of halogens is 3. The SMILES string of the molecule is CN=[S@@]1C[C@@](CF)(c2cc(-c3cc(-c4ncc(Br)cc4C)no3)ccc2F)N=C(N)C1(C)C. The normalized spacial score (nSPS) is 22.4. The first-order chi connectivity index (χ1) is 15.6. The molecule has 0 bridgehead atoms. The number of rotatable bonds is 4. The number of benzene rings is 1. The molecule has 0 amide bonds. The van der Waals surface area contributed by atoms with Crippen molar-refractivity contribution in [3.05, 3.63) is 57.9 Å². The van der Waals surface area contributed by atoms with Gasteiger partial charge in [-0.15, -0.1) is 0 Å². The van der Waals surface area contributed by atoms with Crippen LogP contribution in [0, 0.1) is 12.7 Å². The molecular weight excluding hydrogens is 512 g/mol. The third-order valence-corrected chi connectivity index (χ3v) is 8.92. The molecule has 2 aromatic heterocycles. The largest absolute Gasteiger partial charge is 0.386 e. The highest BCUT2D eigenvalue weighted by Gasteiger charge is 2.45. The lowest BCUT2D eigenvalue weighted by atomic mass is 9.90. The Hall–Kier alpha value is -2.46. The summed E-state index contributed by atoms with van der Waals surface area (Å²) >= 11 is 3.40. The van der Waals surface area contributed by atoms with Crippen LogP contribution in [0.1, 0.15) is 25.0 Å². The minimum absolute atomic E-state index is 0.123. The zero-order valence-corrected chi connectivity index (χ0v) is 21.1. The highest BCUT2D eigenvalue weighted by atomic mass is 79.9. The lowest BCUT2D eigenvalue weighted by Gasteiger charge is -2.40. The Labute approximate surface area is 201 Å². The molecular formula is C23H24BrF2N5OS. The van der Waals surface area contributed by atoms with Crippen molar-refractivity contribution in [1.29, 1.82) is 0 Å². The van der Waals surface area contributed by atoms with Crippen molar-refractivity contribution in [3.8, 4) is 22.7 Å². The van der Waals surface area contributed by atoms with Crippen molar-refractivity contribution in [2.45, 2.75) is 31.1 Å². The molecule has 10 heteroatoms. The van der Waals surface area contributed by atoms with Crippen LogP contribution in [0.2, 0.25) is 0 Å². The predicted molar refractivity (Wildman–Crippen MR) is 132 cm³/mol. The standard InChI is InChI=1S/C23H24BrF2N5OS/c1-13-7-15(24)10-29-20(13)18-9-19(32-31-18)14-5-6-17(26)16(8-14)23(11-25)12-33(28-4)22(2,3)21(27)30-23/h5-10H,11-12H2,1-4H3,(H2,27,30)/t23-,33+/m0/s1. The molecule has 0 aliphatic carbocycles. The van der Waals surface area contributed by atoms with Crippen LogP contribution in [0.4, 0.5) is 8.78 Å². The highest BCUT2D eigenvalue weighted by molar-refractivity contribution is 9.10. The quantitative estimate of drug-likeness (QED) is 0.486. The second-order valence-electron chi connectivity index (χ2n) is 8.45. The van der Waals surface area contributed by atoms with Gasteiger partial charge in [0.15, 0.2) is 5.76 Å². The third kappa shape index (κ3) is 4.14. The summed E-state index contributed by atoms with van der Waals surface area (Å²) in [5.74, 6) is 0.357. The van der Waals surface area contributed by atoms with Gasteiger partial charge in [0.25, 0.3) is 0 Å². The summed E-state index contributed by atoms with van der Waals surface area (Å²) in [6, 6.07) is 8.09. The minimum atomic E-state index is -1.45. The summed E-state index contributed by atoms with van der Waals surface area (Å²) in [6.45, 7) is 4.87. The number of nitrogens with two attached hydrogens (primary N) is 1. The van der Waals surface area contributed by atoms with Crippen LogP contribution in [0.5, 0.6) is 0 Å². The number of amidine groups is 1. The summed E-state index contributed by atoms with van der Waals surface area (Å²) in [4.78, 5) is 8.89. The molecule has 0 saturated carbocycles. The molecule has 3 heterocycles. The van der Waals surface area contributed by atoms with E-state index in [4.69, 9.17) is 10.3 Å². The fraction of sp³-hybridized carbons (Fsp3) is 0.348. The number of nitrogens with zero attached hydrogens (tertiary/aromatic N) is 4. The van der Waals surface area contributed by atoms with Gasteiger partial charge in [0.2, 0.25) is 0 Å². The number of hydrogen-bond acceptors (Lipinski definition) is 6. The van der Waals surface area contributed by atoms with E-state index in [0.717, 1.165) is 10.0 Å². The summed E-state index contributed by atoms with van der Waals surface area (Å²) < 4.78 is 39.9. The Morgan fingerprint density at radius 2 is 2.03 bits per heavy atom. The first kappa shape index (κ1) is 23.7. The van der Waals surface area contributed by atoms with Crippen molar-refractivity contribution in [2.75, 3.05) is 19.5 Å². The Morgan fingerprint density at radius 3 is 2.70 bits per heavy atom. The van der Waals surface area contributed by atoms with Crippen molar-refractivity contribution in [1.82, 2.24) is 10.1 Å². The molecule has 6 nitrogen and oxygen atoms in total.